The summed E-state index contributed by atoms with van der Waals surface area (Å²) in [6.45, 7) is 15.4. The molecule has 1 aromatic heterocycles. The van der Waals surface area contributed by atoms with Crippen molar-refractivity contribution in [2.24, 2.45) is 5.41 Å². The molecule has 5 aromatic carbocycles. The van der Waals surface area contributed by atoms with Gasteiger partial charge in [-0.15, -0.1) is 5.10 Å². The van der Waals surface area contributed by atoms with E-state index in [2.05, 4.69) is 32.8 Å². The summed E-state index contributed by atoms with van der Waals surface area (Å²) in [5.41, 5.74) is 4.23. The van der Waals surface area contributed by atoms with Crippen molar-refractivity contribution in [3.05, 3.63) is 162 Å². The molecule has 5 amide bonds. The molecular weight excluding hydrogens is 1060 g/mol. The van der Waals surface area contributed by atoms with Crippen molar-refractivity contribution in [1.29, 1.82) is 0 Å². The van der Waals surface area contributed by atoms with Crippen molar-refractivity contribution < 1.29 is 57.6 Å². The predicted octanol–water partition coefficient (Wildman–Crippen LogP) is 7.93. The summed E-state index contributed by atoms with van der Waals surface area (Å²) in [5.74, 6) is -3.56. The van der Waals surface area contributed by atoms with Crippen LogP contribution in [0.1, 0.15) is 94.8 Å². The Kier molecular flexibility index (Phi) is 18.7. The summed E-state index contributed by atoms with van der Waals surface area (Å²) in [5, 5.41) is 29.0. The molecular formula is C63H72N8O12. The normalized spacial score (nSPS) is 16.3. The van der Waals surface area contributed by atoms with Gasteiger partial charge in [0.1, 0.15) is 67.1 Å². The average molecular weight is 1130 g/mol. The number of aromatic nitrogens is 3. The number of amides is 5. The van der Waals surface area contributed by atoms with Gasteiger partial charge in [0.25, 0.3) is 0 Å². The Morgan fingerprint density at radius 3 is 2.05 bits per heavy atom. The minimum Gasteiger partial charge on any atom is -0.487 e. The zero-order valence-corrected chi connectivity index (χ0v) is 48.0. The van der Waals surface area contributed by atoms with Crippen LogP contribution >= 0.6 is 0 Å². The fraction of sp³-hybridized carbons (Fsp3) is 0.381. The van der Waals surface area contributed by atoms with Gasteiger partial charge in [-0.2, -0.15) is 0 Å². The first-order chi connectivity index (χ1) is 39.5. The second-order valence-electron chi connectivity index (χ2n) is 23.0. The van der Waals surface area contributed by atoms with Crippen molar-refractivity contribution in [2.75, 3.05) is 26.8 Å². The standard InChI is InChI=1S/C63H72N8O12/c1-10-29-80-59(77)52(32-40-23-26-41-17-11-12-18-42(41)30-40)64-56(73)53-33-44(35-70(53)57(74)54(62(3,4)5)66-55(72)38(2)69(9)61(79)83-63(6,7)8)71-34-43(67-68-71)36-81-45-27-24-39(25-28-45)31-51(58(75)76)65-60(78)82-37-50-48-21-15-13-19-46(48)47-20-14-16-22-49(47)50/h10-28,30,34,38,44,50-54H,1,29,31-33,35-37H2,2-9H3,(H,64,73)(H,65,78)(H,66,72)(H,75,76)/t38?,44-,51?,52?,53-,54?/m0/s1. The Balaban J connectivity index is 0.946. The quantitative estimate of drug-likeness (QED) is 0.0304. The number of rotatable bonds is 21. The number of fused-ring (bicyclic) bond motifs is 4. The van der Waals surface area contributed by atoms with E-state index in [1.54, 1.807) is 76.7 Å². The number of carbonyl (C=O) groups excluding carboxylic acids is 6. The molecule has 4 unspecified atom stereocenters. The van der Waals surface area contributed by atoms with Crippen LogP contribution in [-0.4, -0.2) is 134 Å². The molecule has 1 aliphatic heterocycles. The van der Waals surface area contributed by atoms with Crippen LogP contribution in [0.2, 0.25) is 0 Å². The Labute approximate surface area is 482 Å². The van der Waals surface area contributed by atoms with Crippen molar-refractivity contribution in [3.63, 3.8) is 0 Å². The van der Waals surface area contributed by atoms with Crippen LogP contribution in [0.15, 0.2) is 134 Å². The molecule has 2 heterocycles. The highest BCUT2D eigenvalue weighted by atomic mass is 16.6. The molecule has 1 aliphatic carbocycles. The Bertz CT molecular complexity index is 3320. The molecule has 6 aromatic rings. The van der Waals surface area contributed by atoms with E-state index in [1.165, 1.54) is 24.9 Å². The number of ether oxygens (including phenoxy) is 4. The molecule has 4 N–H and O–H groups in total. The number of likely N-dealkylation sites (tertiary alicyclic amines) is 1. The molecule has 436 valence electrons. The lowest BCUT2D eigenvalue weighted by Gasteiger charge is -2.37. The van der Waals surface area contributed by atoms with E-state index in [9.17, 15) is 33.9 Å². The number of nitrogens with one attached hydrogen (secondary N) is 3. The van der Waals surface area contributed by atoms with Gasteiger partial charge in [-0.25, -0.2) is 23.9 Å². The first-order valence-electron chi connectivity index (χ1n) is 27.6. The van der Waals surface area contributed by atoms with E-state index in [0.29, 0.717) is 17.0 Å². The van der Waals surface area contributed by atoms with Gasteiger partial charge in [0.2, 0.25) is 17.7 Å². The minimum atomic E-state index is -1.28. The highest BCUT2D eigenvalue weighted by Crippen LogP contribution is 2.44. The van der Waals surface area contributed by atoms with Crippen LogP contribution in [0.25, 0.3) is 21.9 Å². The summed E-state index contributed by atoms with van der Waals surface area (Å²) >= 11 is 0. The maximum absolute atomic E-state index is 15.1. The summed E-state index contributed by atoms with van der Waals surface area (Å²) < 4.78 is 24.2. The maximum Gasteiger partial charge on any atom is 0.410 e. The number of hydrogen-bond donors (Lipinski definition) is 4. The van der Waals surface area contributed by atoms with E-state index in [1.807, 2.05) is 91.0 Å². The van der Waals surface area contributed by atoms with E-state index in [-0.39, 0.29) is 51.5 Å². The lowest BCUT2D eigenvalue weighted by molar-refractivity contribution is -0.148. The molecule has 83 heavy (non-hydrogen) atoms. The van der Waals surface area contributed by atoms with Crippen molar-refractivity contribution in [2.45, 2.75) is 122 Å². The van der Waals surface area contributed by atoms with Gasteiger partial charge in [0, 0.05) is 38.8 Å². The number of nitrogens with zero attached hydrogens (tertiary/aromatic N) is 5. The second kappa shape index (κ2) is 25.8. The minimum absolute atomic E-state index is 0.0309. The average Bonchev–Trinajstić information content (AvgIpc) is 4.43. The van der Waals surface area contributed by atoms with Crippen LogP contribution in [0.5, 0.6) is 5.75 Å². The Morgan fingerprint density at radius 2 is 1.41 bits per heavy atom. The summed E-state index contributed by atoms with van der Waals surface area (Å²) in [6, 6.07) is 29.5. The fourth-order valence-electron chi connectivity index (χ4n) is 10.2. The number of likely N-dealkylation sites (N-methyl/N-ethyl adjacent to an activating group) is 1. The van der Waals surface area contributed by atoms with Gasteiger partial charge in [0.15, 0.2) is 0 Å². The first kappa shape index (κ1) is 60.0. The van der Waals surface area contributed by atoms with Gasteiger partial charge < -0.3 is 44.9 Å². The van der Waals surface area contributed by atoms with Crippen LogP contribution in [0.3, 0.4) is 0 Å². The predicted molar refractivity (Wildman–Crippen MR) is 309 cm³/mol. The van der Waals surface area contributed by atoms with E-state index >= 15 is 4.79 Å². The van der Waals surface area contributed by atoms with Crippen LogP contribution in [-0.2, 0) is 57.6 Å². The summed E-state index contributed by atoms with van der Waals surface area (Å²) in [7, 11) is 1.43. The molecule has 0 radical (unpaired) electrons. The number of aliphatic carboxylic acids is 1. The third-order valence-electron chi connectivity index (χ3n) is 14.7. The molecule has 6 atom stereocenters. The van der Waals surface area contributed by atoms with Gasteiger partial charge in [-0.3, -0.25) is 19.3 Å². The number of alkyl carbamates (subject to hydrolysis) is 1. The molecule has 20 nitrogen and oxygen atoms in total. The smallest absolute Gasteiger partial charge is 0.410 e. The van der Waals surface area contributed by atoms with Crippen LogP contribution in [0.4, 0.5) is 9.59 Å². The largest absolute Gasteiger partial charge is 0.487 e. The summed E-state index contributed by atoms with van der Waals surface area (Å²) in [6.07, 6.45) is 1.55. The topological polar surface area (TPSA) is 250 Å². The Morgan fingerprint density at radius 1 is 0.783 bits per heavy atom. The van der Waals surface area contributed by atoms with E-state index in [0.717, 1.165) is 43.5 Å². The number of hydrogen-bond acceptors (Lipinski definition) is 13. The molecule has 8 rings (SSSR count). The molecule has 0 saturated carbocycles. The van der Waals surface area contributed by atoms with Gasteiger partial charge in [0.05, 0.1) is 12.2 Å². The molecule has 20 heteroatoms. The fourth-order valence-corrected chi connectivity index (χ4v) is 10.2. The lowest BCUT2D eigenvalue weighted by atomic mass is 9.85. The Hall–Kier alpha value is -9.07. The highest BCUT2D eigenvalue weighted by molar-refractivity contribution is 5.96. The first-order valence-corrected chi connectivity index (χ1v) is 27.6. The number of esters is 1. The number of carbonyl (C=O) groups is 7. The third-order valence-corrected chi connectivity index (χ3v) is 14.7. The van der Waals surface area contributed by atoms with Gasteiger partial charge in [-0.1, -0.05) is 142 Å². The van der Waals surface area contributed by atoms with E-state index in [4.69, 9.17) is 18.9 Å². The van der Waals surface area contributed by atoms with Crippen LogP contribution in [0, 0.1) is 5.41 Å². The van der Waals surface area contributed by atoms with Crippen LogP contribution < -0.4 is 20.7 Å². The highest BCUT2D eigenvalue weighted by Gasteiger charge is 2.47. The summed E-state index contributed by atoms with van der Waals surface area (Å²) in [4.78, 5) is 98.4. The van der Waals surface area contributed by atoms with Crippen molar-refractivity contribution in [3.8, 4) is 16.9 Å². The second-order valence-corrected chi connectivity index (χ2v) is 23.0. The number of carboxylic acids is 1. The molecule has 0 spiro atoms. The molecule has 1 fully saturated rings. The number of benzene rings is 5. The number of carboxylic acid groups (broad SMARTS) is 1. The lowest BCUT2D eigenvalue weighted by Crippen LogP contribution is -2.60. The third kappa shape index (κ3) is 14.9. The van der Waals surface area contributed by atoms with Gasteiger partial charge >= 0.3 is 24.1 Å². The zero-order chi connectivity index (χ0) is 59.8. The van der Waals surface area contributed by atoms with Crippen molar-refractivity contribution in [1.82, 2.24) is 40.7 Å². The zero-order valence-electron chi connectivity index (χ0n) is 48.0. The monoisotopic (exact) mass is 1130 g/mol. The molecule has 0 bridgehead atoms. The van der Waals surface area contributed by atoms with Gasteiger partial charge in [-0.05, 0) is 89.4 Å². The SMILES string of the molecule is C=CCOC(=O)C(Cc1ccc2ccccc2c1)NC(=O)[C@@H]1C[C@H](n2cc(COc3ccc(CC(NC(=O)OCC4c5ccccc5-c5ccccc54)C(=O)O)cc3)nn2)CN1C(=O)C(NC(=O)C(C)N(C)C(=O)OC(C)(C)C)C(C)(C)C. The van der Waals surface area contributed by atoms with E-state index < -0.39 is 89.1 Å². The van der Waals surface area contributed by atoms with Crippen molar-refractivity contribution >= 4 is 52.6 Å². The molecule has 1 saturated heterocycles. The molecule has 2 aliphatic rings. The maximum atomic E-state index is 15.1.